The molecule has 1 aromatic carbocycles. The van der Waals surface area contributed by atoms with Crippen LogP contribution in [0.2, 0.25) is 0 Å². The number of aryl methyl sites for hydroxylation is 1. The summed E-state index contributed by atoms with van der Waals surface area (Å²) in [5.74, 6) is 1.08. The van der Waals surface area contributed by atoms with Crippen LogP contribution in [0.3, 0.4) is 0 Å². The summed E-state index contributed by atoms with van der Waals surface area (Å²) >= 11 is 0. The van der Waals surface area contributed by atoms with Crippen molar-refractivity contribution in [2.45, 2.75) is 32.7 Å². The van der Waals surface area contributed by atoms with E-state index in [2.05, 4.69) is 10.3 Å². The SMILES string of the molecule is Cc1nc(N(C(=O)CC2CC2)c2ccccc2)cc2c1C(=O)NC2. The van der Waals surface area contributed by atoms with Gasteiger partial charge in [0.1, 0.15) is 5.82 Å². The third kappa shape index (κ3) is 2.66. The molecular weight excluding hydrogens is 302 g/mol. The molecule has 0 unspecified atom stereocenters. The molecule has 0 saturated heterocycles. The molecule has 1 aromatic heterocycles. The minimum atomic E-state index is -0.0860. The highest BCUT2D eigenvalue weighted by atomic mass is 16.2. The largest absolute Gasteiger partial charge is 0.348 e. The predicted octanol–water partition coefficient (Wildman–Crippen LogP) is 3.10. The van der Waals surface area contributed by atoms with E-state index in [4.69, 9.17) is 0 Å². The number of para-hydroxylation sites is 1. The van der Waals surface area contributed by atoms with Gasteiger partial charge in [0.15, 0.2) is 0 Å². The zero-order chi connectivity index (χ0) is 16.7. The molecule has 1 N–H and O–H groups in total. The molecule has 24 heavy (non-hydrogen) atoms. The second kappa shape index (κ2) is 5.74. The van der Waals surface area contributed by atoms with E-state index in [1.54, 1.807) is 4.90 Å². The monoisotopic (exact) mass is 321 g/mol. The van der Waals surface area contributed by atoms with Crippen LogP contribution in [-0.4, -0.2) is 16.8 Å². The minimum Gasteiger partial charge on any atom is -0.348 e. The lowest BCUT2D eigenvalue weighted by Crippen LogP contribution is -2.27. The first-order chi connectivity index (χ1) is 11.6. The van der Waals surface area contributed by atoms with Crippen LogP contribution in [0.5, 0.6) is 0 Å². The second-order valence-corrected chi connectivity index (χ2v) is 6.49. The molecule has 1 saturated carbocycles. The van der Waals surface area contributed by atoms with Crippen molar-refractivity contribution in [2.75, 3.05) is 4.90 Å². The van der Waals surface area contributed by atoms with E-state index in [0.717, 1.165) is 24.1 Å². The Labute approximate surface area is 140 Å². The quantitative estimate of drug-likeness (QED) is 0.941. The van der Waals surface area contributed by atoms with Gasteiger partial charge in [-0.25, -0.2) is 4.98 Å². The molecule has 2 aromatic rings. The fourth-order valence-corrected chi connectivity index (χ4v) is 3.19. The molecule has 2 amide bonds. The molecule has 1 aliphatic heterocycles. The first-order valence-corrected chi connectivity index (χ1v) is 8.30. The first kappa shape index (κ1) is 14.9. The highest BCUT2D eigenvalue weighted by molar-refractivity contribution is 6.02. The van der Waals surface area contributed by atoms with Gasteiger partial charge in [-0.15, -0.1) is 0 Å². The molecule has 0 atom stereocenters. The Morgan fingerprint density at radius 2 is 2.04 bits per heavy atom. The van der Waals surface area contributed by atoms with Crippen LogP contribution in [-0.2, 0) is 11.3 Å². The molecule has 2 aliphatic rings. The number of anilines is 2. The number of hydrogen-bond donors (Lipinski definition) is 1. The maximum absolute atomic E-state index is 12.9. The van der Waals surface area contributed by atoms with Crippen LogP contribution in [0.4, 0.5) is 11.5 Å². The number of carbonyl (C=O) groups is 2. The molecule has 1 aliphatic carbocycles. The summed E-state index contributed by atoms with van der Waals surface area (Å²) in [5, 5.41) is 2.82. The Morgan fingerprint density at radius 3 is 2.75 bits per heavy atom. The Morgan fingerprint density at radius 1 is 1.29 bits per heavy atom. The van der Waals surface area contributed by atoms with Gasteiger partial charge in [0.25, 0.3) is 5.91 Å². The summed E-state index contributed by atoms with van der Waals surface area (Å²) in [5.41, 5.74) is 3.02. The average Bonchev–Trinajstić information content (AvgIpc) is 3.29. The predicted molar refractivity (Wildman–Crippen MR) is 91.1 cm³/mol. The van der Waals surface area contributed by atoms with E-state index in [9.17, 15) is 9.59 Å². The van der Waals surface area contributed by atoms with Crippen LogP contribution >= 0.6 is 0 Å². The molecule has 4 rings (SSSR count). The van der Waals surface area contributed by atoms with Crippen molar-refractivity contribution in [1.82, 2.24) is 10.3 Å². The molecular formula is C19H19N3O2. The summed E-state index contributed by atoms with van der Waals surface area (Å²) in [7, 11) is 0. The average molecular weight is 321 g/mol. The molecule has 122 valence electrons. The smallest absolute Gasteiger partial charge is 0.253 e. The second-order valence-electron chi connectivity index (χ2n) is 6.49. The van der Waals surface area contributed by atoms with Crippen LogP contribution in [0.1, 0.15) is 40.9 Å². The first-order valence-electron chi connectivity index (χ1n) is 8.30. The summed E-state index contributed by atoms with van der Waals surface area (Å²) < 4.78 is 0. The van der Waals surface area contributed by atoms with Crippen molar-refractivity contribution in [3.05, 3.63) is 53.2 Å². The highest BCUT2D eigenvalue weighted by Crippen LogP contribution is 2.36. The van der Waals surface area contributed by atoms with Crippen LogP contribution in [0.15, 0.2) is 36.4 Å². The fraction of sp³-hybridized carbons (Fsp3) is 0.316. The Hall–Kier alpha value is -2.69. The third-order valence-electron chi connectivity index (χ3n) is 4.59. The van der Waals surface area contributed by atoms with E-state index >= 15 is 0 Å². The van der Waals surface area contributed by atoms with Crippen molar-refractivity contribution >= 4 is 23.3 Å². The number of amides is 2. The molecule has 0 spiro atoms. The molecule has 0 bridgehead atoms. The van der Waals surface area contributed by atoms with Gasteiger partial charge in [0, 0.05) is 13.0 Å². The molecule has 0 radical (unpaired) electrons. The molecule has 1 fully saturated rings. The van der Waals surface area contributed by atoms with Gasteiger partial charge in [0.05, 0.1) is 16.9 Å². The number of nitrogens with one attached hydrogen (secondary N) is 1. The van der Waals surface area contributed by atoms with Crippen molar-refractivity contribution in [3.63, 3.8) is 0 Å². The third-order valence-corrected chi connectivity index (χ3v) is 4.59. The summed E-state index contributed by atoms with van der Waals surface area (Å²) in [4.78, 5) is 31.0. The Bertz CT molecular complexity index is 813. The number of pyridine rings is 1. The summed E-state index contributed by atoms with van der Waals surface area (Å²) in [6.45, 7) is 2.31. The minimum absolute atomic E-state index is 0.0628. The van der Waals surface area contributed by atoms with Crippen molar-refractivity contribution in [3.8, 4) is 0 Å². The van der Waals surface area contributed by atoms with E-state index in [-0.39, 0.29) is 11.8 Å². The van der Waals surface area contributed by atoms with E-state index in [0.29, 0.717) is 36.0 Å². The van der Waals surface area contributed by atoms with Crippen molar-refractivity contribution < 1.29 is 9.59 Å². The normalized spacial score (nSPS) is 15.8. The fourth-order valence-electron chi connectivity index (χ4n) is 3.19. The lowest BCUT2D eigenvalue weighted by atomic mass is 10.1. The molecule has 5 nitrogen and oxygen atoms in total. The van der Waals surface area contributed by atoms with E-state index < -0.39 is 0 Å². The van der Waals surface area contributed by atoms with Crippen LogP contribution < -0.4 is 10.2 Å². The lowest BCUT2D eigenvalue weighted by Gasteiger charge is -2.23. The van der Waals surface area contributed by atoms with Crippen LogP contribution in [0, 0.1) is 12.8 Å². The van der Waals surface area contributed by atoms with Gasteiger partial charge >= 0.3 is 0 Å². The highest BCUT2D eigenvalue weighted by Gasteiger charge is 2.30. The van der Waals surface area contributed by atoms with Crippen molar-refractivity contribution in [2.24, 2.45) is 5.92 Å². The lowest BCUT2D eigenvalue weighted by molar-refractivity contribution is -0.118. The maximum Gasteiger partial charge on any atom is 0.253 e. The van der Waals surface area contributed by atoms with Gasteiger partial charge in [-0.3, -0.25) is 14.5 Å². The summed E-state index contributed by atoms with van der Waals surface area (Å²) in [6.07, 6.45) is 2.80. The maximum atomic E-state index is 12.9. The Balaban J connectivity index is 1.77. The summed E-state index contributed by atoms with van der Waals surface area (Å²) in [6, 6.07) is 11.4. The van der Waals surface area contributed by atoms with Crippen molar-refractivity contribution in [1.29, 1.82) is 0 Å². The van der Waals surface area contributed by atoms with Crippen LogP contribution in [0.25, 0.3) is 0 Å². The zero-order valence-corrected chi connectivity index (χ0v) is 13.6. The number of benzene rings is 1. The van der Waals surface area contributed by atoms with Gasteiger partial charge in [-0.2, -0.15) is 0 Å². The van der Waals surface area contributed by atoms with E-state index in [1.165, 1.54) is 0 Å². The zero-order valence-electron chi connectivity index (χ0n) is 13.6. The number of carbonyl (C=O) groups excluding carboxylic acids is 2. The van der Waals surface area contributed by atoms with Gasteiger partial charge in [-0.05, 0) is 49.4 Å². The standard InChI is InChI=1S/C19H19N3O2/c1-12-18-14(11-20-19(18)24)10-16(21-12)22(15-5-3-2-4-6-15)17(23)9-13-7-8-13/h2-6,10,13H,7-9,11H2,1H3,(H,20,24). The van der Waals surface area contributed by atoms with Gasteiger partial charge in [0.2, 0.25) is 5.91 Å². The van der Waals surface area contributed by atoms with Gasteiger partial charge < -0.3 is 5.32 Å². The van der Waals surface area contributed by atoms with Gasteiger partial charge in [-0.1, -0.05) is 18.2 Å². The number of rotatable bonds is 4. The number of nitrogens with zero attached hydrogens (tertiary/aromatic N) is 2. The number of hydrogen-bond acceptors (Lipinski definition) is 3. The molecule has 5 heteroatoms. The van der Waals surface area contributed by atoms with E-state index in [1.807, 2.05) is 43.3 Å². The topological polar surface area (TPSA) is 62.3 Å². The number of aromatic nitrogens is 1. The molecule has 2 heterocycles. The number of fused-ring (bicyclic) bond motifs is 1. The Kier molecular flexibility index (Phi) is 3.56.